The first-order valence-corrected chi connectivity index (χ1v) is 7.17. The summed E-state index contributed by atoms with van der Waals surface area (Å²) in [5, 5.41) is 0. The molecule has 0 saturated carbocycles. The molecular formula is C18H17NO2. The second kappa shape index (κ2) is 5.52. The topological polar surface area (TPSA) is 60.2 Å². The van der Waals surface area contributed by atoms with E-state index >= 15 is 0 Å². The molecule has 21 heavy (non-hydrogen) atoms. The van der Waals surface area contributed by atoms with Crippen molar-refractivity contribution in [2.24, 2.45) is 5.73 Å². The lowest BCUT2D eigenvalue weighted by atomic mass is 9.92. The molecule has 0 radical (unpaired) electrons. The first-order chi connectivity index (χ1) is 10.1. The van der Waals surface area contributed by atoms with E-state index in [1.54, 1.807) is 0 Å². The van der Waals surface area contributed by atoms with Crippen molar-refractivity contribution in [2.45, 2.75) is 25.7 Å². The molecule has 0 atom stereocenters. The zero-order valence-corrected chi connectivity index (χ0v) is 11.8. The van der Waals surface area contributed by atoms with Crippen LogP contribution < -0.4 is 5.73 Å². The minimum absolute atomic E-state index is 0.468. The Morgan fingerprint density at radius 3 is 1.90 bits per heavy atom. The number of rotatable bonds is 2. The Hall–Kier alpha value is -2.42. The lowest BCUT2D eigenvalue weighted by Crippen LogP contribution is -2.24. The van der Waals surface area contributed by atoms with E-state index in [0.29, 0.717) is 5.56 Å². The highest BCUT2D eigenvalue weighted by molar-refractivity contribution is 6.42. The van der Waals surface area contributed by atoms with E-state index in [-0.39, 0.29) is 0 Å². The highest BCUT2D eigenvalue weighted by Gasteiger charge is 2.17. The van der Waals surface area contributed by atoms with Gasteiger partial charge in [0.05, 0.1) is 0 Å². The largest absolute Gasteiger partial charge is 0.363 e. The molecule has 0 fully saturated rings. The first kappa shape index (κ1) is 13.6. The molecule has 3 nitrogen and oxygen atoms in total. The van der Waals surface area contributed by atoms with Crippen molar-refractivity contribution in [2.75, 3.05) is 0 Å². The molecule has 4 aliphatic carbocycles. The van der Waals surface area contributed by atoms with E-state index in [1.165, 1.54) is 11.1 Å². The van der Waals surface area contributed by atoms with Crippen molar-refractivity contribution < 1.29 is 9.59 Å². The molecule has 4 aliphatic rings. The lowest BCUT2D eigenvalue weighted by Gasteiger charge is -2.13. The van der Waals surface area contributed by atoms with Crippen molar-refractivity contribution >= 4 is 11.7 Å². The third-order valence-electron chi connectivity index (χ3n) is 4.05. The molecule has 6 rings (SSSR count). The summed E-state index contributed by atoms with van der Waals surface area (Å²) in [6, 6.07) is 14.4. The van der Waals surface area contributed by atoms with E-state index in [9.17, 15) is 9.59 Å². The Balaban J connectivity index is 2.03. The van der Waals surface area contributed by atoms with Crippen molar-refractivity contribution in [3.05, 3.63) is 70.3 Å². The van der Waals surface area contributed by atoms with Crippen LogP contribution in [0.5, 0.6) is 0 Å². The van der Waals surface area contributed by atoms with Crippen LogP contribution in [-0.2, 0) is 30.5 Å². The predicted molar refractivity (Wildman–Crippen MR) is 81.2 cm³/mol. The highest BCUT2D eigenvalue weighted by Crippen LogP contribution is 2.19. The number of Topliss-reactive ketones (excluding diaryl/α,β-unsaturated/α-hetero) is 1. The number of primary amides is 1. The van der Waals surface area contributed by atoms with Crippen LogP contribution in [-0.4, -0.2) is 11.7 Å². The van der Waals surface area contributed by atoms with Crippen molar-refractivity contribution in [3.8, 4) is 0 Å². The van der Waals surface area contributed by atoms with Crippen LogP contribution in [0.4, 0.5) is 0 Å². The standard InChI is InChI=1S/C18H17NO2/c19-18(21)17(20)16-11-14-6-5-12-1-3-13(4-2-12)7-9-15(16)10-8-14/h1-4,8,10-11H,5-7,9H2,(H2,19,21). The van der Waals surface area contributed by atoms with Gasteiger partial charge in [0.1, 0.15) is 0 Å². The fourth-order valence-electron chi connectivity index (χ4n) is 2.78. The summed E-state index contributed by atoms with van der Waals surface area (Å²) in [5.74, 6) is -1.47. The Morgan fingerprint density at radius 2 is 1.29 bits per heavy atom. The zero-order valence-electron chi connectivity index (χ0n) is 11.8. The van der Waals surface area contributed by atoms with Crippen molar-refractivity contribution in [1.29, 1.82) is 0 Å². The number of aryl methyl sites for hydroxylation is 4. The first-order valence-electron chi connectivity index (χ1n) is 7.17. The molecule has 3 heteroatoms. The molecule has 0 unspecified atom stereocenters. The maximum Gasteiger partial charge on any atom is 0.289 e. The highest BCUT2D eigenvalue weighted by atomic mass is 16.2. The number of carbonyl (C=O) groups excluding carboxylic acids is 2. The quantitative estimate of drug-likeness (QED) is 0.677. The minimum Gasteiger partial charge on any atom is -0.363 e. The van der Waals surface area contributed by atoms with Crippen LogP contribution in [0.15, 0.2) is 42.5 Å². The molecule has 0 spiro atoms. The average molecular weight is 279 g/mol. The van der Waals surface area contributed by atoms with Gasteiger partial charge in [0.2, 0.25) is 5.78 Å². The predicted octanol–water partition coefficient (Wildman–Crippen LogP) is 2.24. The van der Waals surface area contributed by atoms with Crippen molar-refractivity contribution in [1.82, 2.24) is 0 Å². The average Bonchev–Trinajstić information content (AvgIpc) is 2.49. The van der Waals surface area contributed by atoms with E-state index in [1.807, 2.05) is 18.2 Å². The Kier molecular flexibility index (Phi) is 3.57. The van der Waals surface area contributed by atoms with Gasteiger partial charge in [-0.2, -0.15) is 0 Å². The number of hydrogen-bond acceptors (Lipinski definition) is 2. The third-order valence-corrected chi connectivity index (χ3v) is 4.05. The minimum atomic E-state index is -0.885. The summed E-state index contributed by atoms with van der Waals surface area (Å²) in [6.07, 6.45) is 3.34. The van der Waals surface area contributed by atoms with Gasteiger partial charge in [-0.3, -0.25) is 9.59 Å². The smallest absolute Gasteiger partial charge is 0.289 e. The molecule has 2 aromatic carbocycles. The maximum atomic E-state index is 12.0. The van der Waals surface area contributed by atoms with Gasteiger partial charge in [-0.05, 0) is 54.0 Å². The second-order valence-electron chi connectivity index (χ2n) is 5.50. The van der Waals surface area contributed by atoms with Gasteiger partial charge in [0.15, 0.2) is 0 Å². The van der Waals surface area contributed by atoms with E-state index < -0.39 is 11.7 Å². The zero-order chi connectivity index (χ0) is 14.8. The summed E-state index contributed by atoms with van der Waals surface area (Å²) < 4.78 is 0. The fourth-order valence-corrected chi connectivity index (χ4v) is 2.78. The number of nitrogens with two attached hydrogens (primary N) is 1. The van der Waals surface area contributed by atoms with Gasteiger partial charge in [0, 0.05) is 5.56 Å². The van der Waals surface area contributed by atoms with E-state index in [0.717, 1.165) is 36.8 Å². The number of carbonyl (C=O) groups is 2. The summed E-state index contributed by atoms with van der Waals surface area (Å²) in [7, 11) is 0. The van der Waals surface area contributed by atoms with Crippen LogP contribution in [0, 0.1) is 0 Å². The summed E-state index contributed by atoms with van der Waals surface area (Å²) in [4.78, 5) is 23.2. The van der Waals surface area contributed by atoms with Crippen LogP contribution in [0.1, 0.15) is 32.6 Å². The van der Waals surface area contributed by atoms with Crippen LogP contribution in [0.2, 0.25) is 0 Å². The molecule has 106 valence electrons. The maximum absolute atomic E-state index is 12.0. The molecule has 0 aliphatic heterocycles. The summed E-state index contributed by atoms with van der Waals surface area (Å²) >= 11 is 0. The van der Waals surface area contributed by atoms with Gasteiger partial charge in [-0.1, -0.05) is 36.4 Å². The van der Waals surface area contributed by atoms with Crippen LogP contribution in [0.25, 0.3) is 0 Å². The number of amides is 1. The molecule has 1 amide bonds. The van der Waals surface area contributed by atoms with Gasteiger partial charge < -0.3 is 5.73 Å². The van der Waals surface area contributed by atoms with Gasteiger partial charge in [0.25, 0.3) is 5.91 Å². The monoisotopic (exact) mass is 279 g/mol. The molecule has 2 aromatic rings. The van der Waals surface area contributed by atoms with Crippen molar-refractivity contribution in [3.63, 3.8) is 0 Å². The normalized spacial score (nSPS) is 13.5. The van der Waals surface area contributed by atoms with Gasteiger partial charge in [-0.25, -0.2) is 0 Å². The Bertz CT molecular complexity index is 702. The number of hydrogen-bond donors (Lipinski definition) is 1. The molecule has 2 N–H and O–H groups in total. The second-order valence-corrected chi connectivity index (χ2v) is 5.50. The molecule has 4 bridgehead atoms. The SMILES string of the molecule is NC(=O)C(=O)c1cc2ccc1CCc1ccc(cc1)CC2. The van der Waals surface area contributed by atoms with Crippen LogP contribution >= 0.6 is 0 Å². The molecule has 0 heterocycles. The lowest BCUT2D eigenvalue weighted by molar-refractivity contribution is -0.114. The summed E-state index contributed by atoms with van der Waals surface area (Å²) in [5.41, 5.74) is 10.1. The Morgan fingerprint density at radius 1 is 0.762 bits per heavy atom. The number of ketones is 1. The van der Waals surface area contributed by atoms with E-state index in [2.05, 4.69) is 24.3 Å². The van der Waals surface area contributed by atoms with E-state index in [4.69, 9.17) is 5.73 Å². The molecular weight excluding hydrogens is 262 g/mol. The van der Waals surface area contributed by atoms with Gasteiger partial charge in [-0.15, -0.1) is 0 Å². The fraction of sp³-hybridized carbons (Fsp3) is 0.222. The molecule has 0 saturated heterocycles. The third kappa shape index (κ3) is 2.87. The van der Waals surface area contributed by atoms with Gasteiger partial charge >= 0.3 is 0 Å². The van der Waals surface area contributed by atoms with Crippen LogP contribution in [0.3, 0.4) is 0 Å². The molecule has 0 aromatic heterocycles. The summed E-state index contributed by atoms with van der Waals surface area (Å²) in [6.45, 7) is 0. The Labute approximate surface area is 123 Å². The number of benzene rings is 2.